The number of ether oxygens (including phenoxy) is 1. The van der Waals surface area contributed by atoms with Crippen LogP contribution in [0.25, 0.3) is 11.1 Å². The average Bonchev–Trinajstić information content (AvgIpc) is 3.17. The maximum absolute atomic E-state index is 12.1. The van der Waals surface area contributed by atoms with Crippen molar-refractivity contribution in [1.82, 2.24) is 10.3 Å². The van der Waals surface area contributed by atoms with Crippen LogP contribution >= 0.6 is 58.6 Å². The largest absolute Gasteiger partial charge is 0.482 e. The molecule has 0 fully saturated rings. The highest BCUT2D eigenvalue weighted by Crippen LogP contribution is 2.29. The maximum atomic E-state index is 12.1. The van der Waals surface area contributed by atoms with Gasteiger partial charge in [0.15, 0.2) is 23.2 Å². The molecule has 2 N–H and O–H groups in total. The second-order valence-corrected chi connectivity index (χ2v) is 9.18. The molecule has 1 heterocycles. The molecule has 11 heteroatoms. The monoisotopic (exact) mass is 553 g/mol. The summed E-state index contributed by atoms with van der Waals surface area (Å²) in [5, 5.41) is 7.32. The minimum Gasteiger partial charge on any atom is -0.482 e. The van der Waals surface area contributed by atoms with Crippen molar-refractivity contribution in [3.05, 3.63) is 86.1 Å². The van der Waals surface area contributed by atoms with Gasteiger partial charge in [-0.25, -0.2) is 4.98 Å². The van der Waals surface area contributed by atoms with Crippen molar-refractivity contribution in [3.8, 4) is 5.75 Å². The molecule has 6 nitrogen and oxygen atoms in total. The third kappa shape index (κ3) is 6.31. The lowest BCUT2D eigenvalue weighted by Gasteiger charge is -2.11. The minimum atomic E-state index is -0.435. The van der Waals surface area contributed by atoms with Gasteiger partial charge >= 0.3 is 0 Å². The summed E-state index contributed by atoms with van der Waals surface area (Å²) in [5.74, 6) is 0.429. The second kappa shape index (κ2) is 10.8. The van der Waals surface area contributed by atoms with Gasteiger partial charge in [0.2, 0.25) is 0 Å². The lowest BCUT2D eigenvalue weighted by atomic mass is 10.1. The molecule has 174 valence electrons. The van der Waals surface area contributed by atoms with Crippen molar-refractivity contribution < 1.29 is 13.9 Å². The minimum absolute atomic E-state index is 0.133. The molecule has 0 aliphatic carbocycles. The van der Waals surface area contributed by atoms with E-state index in [9.17, 15) is 4.79 Å². The fourth-order valence-corrected chi connectivity index (χ4v) is 4.24. The lowest BCUT2D eigenvalue weighted by Crippen LogP contribution is -2.37. The molecule has 4 aromatic rings. The van der Waals surface area contributed by atoms with Crippen LogP contribution in [0, 0.1) is 0 Å². The van der Waals surface area contributed by atoms with E-state index in [-0.39, 0.29) is 11.7 Å². The fraction of sp³-hybridized carbons (Fsp3) is 0.0870. The first-order chi connectivity index (χ1) is 16.3. The zero-order valence-electron chi connectivity index (χ0n) is 17.2. The van der Waals surface area contributed by atoms with Crippen LogP contribution in [0.15, 0.2) is 59.0 Å². The van der Waals surface area contributed by atoms with Crippen LogP contribution in [0.3, 0.4) is 0 Å². The van der Waals surface area contributed by atoms with Crippen LogP contribution in [0.4, 0.5) is 5.69 Å². The molecule has 34 heavy (non-hydrogen) atoms. The van der Waals surface area contributed by atoms with E-state index in [1.807, 2.05) is 24.3 Å². The van der Waals surface area contributed by atoms with Crippen molar-refractivity contribution in [1.29, 1.82) is 0 Å². The molecular weight excluding hydrogens is 540 g/mol. The summed E-state index contributed by atoms with van der Waals surface area (Å²) in [7, 11) is 0. The molecule has 0 atom stereocenters. The first-order valence-corrected chi connectivity index (χ1v) is 11.7. The van der Waals surface area contributed by atoms with E-state index >= 15 is 0 Å². The van der Waals surface area contributed by atoms with Crippen molar-refractivity contribution in [2.45, 2.75) is 6.42 Å². The summed E-state index contributed by atoms with van der Waals surface area (Å²) in [6.07, 6.45) is 0.467. The van der Waals surface area contributed by atoms with Gasteiger partial charge < -0.3 is 14.5 Å². The number of rotatable bonds is 6. The number of halogens is 4. The van der Waals surface area contributed by atoms with E-state index in [2.05, 4.69) is 15.6 Å². The van der Waals surface area contributed by atoms with E-state index in [4.69, 9.17) is 67.8 Å². The van der Waals surface area contributed by atoms with E-state index in [1.54, 1.807) is 24.3 Å². The molecule has 1 aromatic heterocycles. The third-order valence-electron chi connectivity index (χ3n) is 4.53. The number of carbonyl (C=O) groups is 1. The standard InChI is InChI=1S/C23H15Cl4N3O3S/c24-13-3-6-19(16(26)8-13)32-11-20(31)30-23(34)28-15-4-1-12(2-5-15)7-21-29-18-10-14(25)9-17(27)22(18)33-21/h1-6,8-10H,7,11H2,(H2,28,30,31,34). The van der Waals surface area contributed by atoms with Gasteiger partial charge in [-0.15, -0.1) is 0 Å². The molecule has 3 aromatic carbocycles. The zero-order valence-corrected chi connectivity index (χ0v) is 21.0. The quantitative estimate of drug-likeness (QED) is 0.252. The highest BCUT2D eigenvalue weighted by molar-refractivity contribution is 7.80. The number of thiocarbonyl (C=S) groups is 1. The normalized spacial score (nSPS) is 10.8. The van der Waals surface area contributed by atoms with Gasteiger partial charge in [0, 0.05) is 22.2 Å². The smallest absolute Gasteiger partial charge is 0.264 e. The van der Waals surface area contributed by atoms with Crippen molar-refractivity contribution in [2.24, 2.45) is 0 Å². The van der Waals surface area contributed by atoms with Gasteiger partial charge in [-0.05, 0) is 60.2 Å². The van der Waals surface area contributed by atoms with E-state index in [0.29, 0.717) is 54.9 Å². The number of oxazole rings is 1. The van der Waals surface area contributed by atoms with Crippen LogP contribution in [0.1, 0.15) is 11.5 Å². The summed E-state index contributed by atoms with van der Waals surface area (Å²) in [4.78, 5) is 16.5. The predicted octanol–water partition coefficient (Wildman–Crippen LogP) is 6.92. The van der Waals surface area contributed by atoms with Gasteiger partial charge in [-0.3, -0.25) is 10.1 Å². The second-order valence-electron chi connectivity index (χ2n) is 7.08. The number of carbonyl (C=O) groups excluding carboxylic acids is 1. The molecule has 0 saturated heterocycles. The molecule has 0 aliphatic rings. The number of fused-ring (bicyclic) bond motifs is 1. The Morgan fingerprint density at radius 2 is 1.71 bits per heavy atom. The van der Waals surface area contributed by atoms with Crippen LogP contribution in [-0.2, 0) is 11.2 Å². The average molecular weight is 555 g/mol. The van der Waals surface area contributed by atoms with Crippen molar-refractivity contribution >= 4 is 86.4 Å². The van der Waals surface area contributed by atoms with Crippen LogP contribution < -0.4 is 15.4 Å². The topological polar surface area (TPSA) is 76.4 Å². The molecule has 0 unspecified atom stereocenters. The number of hydrogen-bond donors (Lipinski definition) is 2. The Morgan fingerprint density at radius 1 is 0.971 bits per heavy atom. The fourth-order valence-electron chi connectivity index (χ4n) is 3.02. The number of nitrogens with one attached hydrogen (secondary N) is 2. The van der Waals surface area contributed by atoms with Crippen LogP contribution in [0.2, 0.25) is 20.1 Å². The van der Waals surface area contributed by atoms with Gasteiger partial charge in [0.1, 0.15) is 11.3 Å². The zero-order chi connectivity index (χ0) is 24.2. The van der Waals surface area contributed by atoms with Crippen LogP contribution in [0.5, 0.6) is 5.75 Å². The number of aromatic nitrogens is 1. The van der Waals surface area contributed by atoms with Crippen molar-refractivity contribution in [3.63, 3.8) is 0 Å². The Morgan fingerprint density at radius 3 is 2.44 bits per heavy atom. The van der Waals surface area contributed by atoms with E-state index in [1.165, 1.54) is 6.07 Å². The Kier molecular flexibility index (Phi) is 7.80. The Balaban J connectivity index is 1.29. The Bertz CT molecular complexity index is 1380. The first-order valence-electron chi connectivity index (χ1n) is 9.79. The molecule has 0 bridgehead atoms. The molecule has 4 rings (SSSR count). The Hall–Kier alpha value is -2.55. The Labute approximate surface area is 220 Å². The van der Waals surface area contributed by atoms with E-state index < -0.39 is 5.91 Å². The third-order valence-corrected chi connectivity index (χ3v) is 5.76. The van der Waals surface area contributed by atoms with Gasteiger partial charge in [0.25, 0.3) is 5.91 Å². The number of nitrogens with zero attached hydrogens (tertiary/aromatic N) is 1. The van der Waals surface area contributed by atoms with Crippen LogP contribution in [-0.4, -0.2) is 22.6 Å². The number of hydrogen-bond acceptors (Lipinski definition) is 5. The molecule has 0 radical (unpaired) electrons. The number of anilines is 1. The summed E-state index contributed by atoms with van der Waals surface area (Å²) in [5.41, 5.74) is 2.77. The first kappa shape index (κ1) is 24.6. The highest BCUT2D eigenvalue weighted by Gasteiger charge is 2.12. The van der Waals surface area contributed by atoms with Gasteiger partial charge in [-0.2, -0.15) is 0 Å². The van der Waals surface area contributed by atoms with Gasteiger partial charge in [0.05, 0.1) is 10.0 Å². The molecular formula is C23H15Cl4N3O3S. The molecule has 1 amide bonds. The summed E-state index contributed by atoms with van der Waals surface area (Å²) in [6.45, 7) is -0.262. The van der Waals surface area contributed by atoms with Gasteiger partial charge in [-0.1, -0.05) is 58.5 Å². The predicted molar refractivity (Wildman–Crippen MR) is 140 cm³/mol. The number of benzene rings is 3. The van der Waals surface area contributed by atoms with E-state index in [0.717, 1.165) is 5.56 Å². The highest BCUT2D eigenvalue weighted by atomic mass is 35.5. The summed E-state index contributed by atoms with van der Waals surface area (Å²) in [6, 6.07) is 15.5. The summed E-state index contributed by atoms with van der Waals surface area (Å²) < 4.78 is 11.1. The molecule has 0 spiro atoms. The molecule has 0 aliphatic heterocycles. The SMILES string of the molecule is O=C(COc1ccc(Cl)cc1Cl)NC(=S)Nc1ccc(Cc2nc3cc(Cl)cc(Cl)c3o2)cc1. The lowest BCUT2D eigenvalue weighted by molar-refractivity contribution is -0.121. The molecule has 0 saturated carbocycles. The number of amides is 1. The van der Waals surface area contributed by atoms with Crippen molar-refractivity contribution in [2.75, 3.05) is 11.9 Å². The summed E-state index contributed by atoms with van der Waals surface area (Å²) >= 11 is 29.2. The maximum Gasteiger partial charge on any atom is 0.264 e.